The molecule has 4 aromatic rings. The van der Waals surface area contributed by atoms with Gasteiger partial charge in [0.1, 0.15) is 12.4 Å². The maximum absolute atomic E-state index is 12.3. The predicted molar refractivity (Wildman–Crippen MR) is 118 cm³/mol. The molecule has 168 valence electrons. The van der Waals surface area contributed by atoms with E-state index in [0.29, 0.717) is 28.5 Å². The zero-order valence-corrected chi connectivity index (χ0v) is 17.9. The minimum atomic E-state index is -0.482. The van der Waals surface area contributed by atoms with Crippen molar-refractivity contribution >= 4 is 17.2 Å². The van der Waals surface area contributed by atoms with Gasteiger partial charge in [-0.3, -0.25) is 14.9 Å². The van der Waals surface area contributed by atoms with E-state index >= 15 is 0 Å². The molecular formula is C22H20N6O5. The number of hydrogen-bond acceptors (Lipinski definition) is 8. The highest BCUT2D eigenvalue weighted by Crippen LogP contribution is 2.22. The maximum Gasteiger partial charge on any atom is 0.272 e. The minimum Gasteiger partial charge on any atom is -0.497 e. The van der Waals surface area contributed by atoms with Crippen molar-refractivity contribution in [3.8, 4) is 23.0 Å². The Morgan fingerprint density at radius 1 is 1.12 bits per heavy atom. The number of aromatic nitrogens is 4. The number of aryl methyl sites for hydroxylation is 1. The fraction of sp³-hybridized carbons (Fsp3) is 0.182. The Morgan fingerprint density at radius 2 is 1.91 bits per heavy atom. The first-order valence-electron chi connectivity index (χ1n) is 9.99. The number of nitrogens with zero attached hydrogens (tertiary/aromatic N) is 5. The van der Waals surface area contributed by atoms with E-state index in [1.54, 1.807) is 30.7 Å². The van der Waals surface area contributed by atoms with Gasteiger partial charge in [-0.1, -0.05) is 0 Å². The molecule has 0 unspecified atom stereocenters. The summed E-state index contributed by atoms with van der Waals surface area (Å²) >= 11 is 0. The topological polar surface area (TPSA) is 134 Å². The molecule has 2 heterocycles. The smallest absolute Gasteiger partial charge is 0.272 e. The fourth-order valence-electron chi connectivity index (χ4n) is 3.19. The summed E-state index contributed by atoms with van der Waals surface area (Å²) in [6.45, 7) is 1.99. The zero-order chi connectivity index (χ0) is 23.4. The van der Waals surface area contributed by atoms with Crippen molar-refractivity contribution in [1.82, 2.24) is 25.1 Å². The molecule has 1 N–H and O–H groups in total. The van der Waals surface area contributed by atoms with Crippen LogP contribution in [0.2, 0.25) is 0 Å². The van der Waals surface area contributed by atoms with Crippen molar-refractivity contribution in [1.29, 1.82) is 0 Å². The lowest BCUT2D eigenvalue weighted by atomic mass is 10.1. The van der Waals surface area contributed by atoms with Crippen molar-refractivity contribution in [2.45, 2.75) is 6.92 Å². The molecule has 0 aliphatic heterocycles. The van der Waals surface area contributed by atoms with Gasteiger partial charge in [0.05, 0.1) is 18.6 Å². The van der Waals surface area contributed by atoms with Crippen molar-refractivity contribution < 1.29 is 19.2 Å². The second kappa shape index (κ2) is 9.30. The average Bonchev–Trinajstić information content (AvgIpc) is 3.24. The first kappa shape index (κ1) is 21.7. The average molecular weight is 448 g/mol. The normalized spacial score (nSPS) is 10.7. The van der Waals surface area contributed by atoms with E-state index in [2.05, 4.69) is 20.6 Å². The number of nitrogens with one attached hydrogen (secondary N) is 1. The van der Waals surface area contributed by atoms with Gasteiger partial charge >= 0.3 is 0 Å². The first-order valence-corrected chi connectivity index (χ1v) is 9.99. The van der Waals surface area contributed by atoms with Crippen molar-refractivity contribution in [2.24, 2.45) is 0 Å². The summed E-state index contributed by atoms with van der Waals surface area (Å²) in [7, 11) is 1.60. The minimum absolute atomic E-state index is 0.0284. The molecule has 0 aliphatic rings. The quantitative estimate of drug-likeness (QED) is 0.247. The summed E-state index contributed by atoms with van der Waals surface area (Å²) in [6, 6.07) is 15.0. The number of methoxy groups -OCH3 is 1. The molecule has 2 aromatic carbocycles. The fourth-order valence-corrected chi connectivity index (χ4v) is 3.19. The Bertz CT molecular complexity index is 1320. The van der Waals surface area contributed by atoms with E-state index in [-0.39, 0.29) is 24.7 Å². The molecule has 2 aromatic heterocycles. The van der Waals surface area contributed by atoms with Crippen LogP contribution in [0.4, 0.5) is 5.69 Å². The Hall–Kier alpha value is -4.54. The van der Waals surface area contributed by atoms with E-state index in [1.807, 2.05) is 24.3 Å². The predicted octanol–water partition coefficient (Wildman–Crippen LogP) is 2.83. The number of carbonyl (C=O) groups excluding carboxylic acids is 1. The van der Waals surface area contributed by atoms with Gasteiger partial charge in [-0.15, -0.1) is 15.3 Å². The summed E-state index contributed by atoms with van der Waals surface area (Å²) in [4.78, 5) is 22.7. The van der Waals surface area contributed by atoms with Crippen LogP contribution in [0.5, 0.6) is 11.6 Å². The van der Waals surface area contributed by atoms with Gasteiger partial charge in [-0.2, -0.15) is 4.52 Å². The van der Waals surface area contributed by atoms with Crippen LogP contribution in [0.3, 0.4) is 0 Å². The maximum atomic E-state index is 12.3. The van der Waals surface area contributed by atoms with Crippen molar-refractivity contribution in [2.75, 3.05) is 20.3 Å². The van der Waals surface area contributed by atoms with Gasteiger partial charge in [-0.05, 0) is 49.4 Å². The summed E-state index contributed by atoms with van der Waals surface area (Å²) in [5.74, 6) is 1.29. The first-order chi connectivity index (χ1) is 16.0. The number of amides is 1. The number of benzene rings is 2. The molecule has 4 rings (SSSR count). The van der Waals surface area contributed by atoms with Crippen LogP contribution in [0.25, 0.3) is 17.0 Å². The third-order valence-corrected chi connectivity index (χ3v) is 4.88. The number of carbonyl (C=O) groups is 1. The SMILES string of the molecule is COc1ccc(-c2nnc3ccc(OCCNC(=O)c4ccc([N+](=O)[O-])c(C)c4)nn23)cc1. The molecule has 0 saturated carbocycles. The van der Waals surface area contributed by atoms with E-state index in [1.165, 1.54) is 18.2 Å². The lowest BCUT2D eigenvalue weighted by molar-refractivity contribution is -0.385. The molecule has 11 nitrogen and oxygen atoms in total. The summed E-state index contributed by atoms with van der Waals surface area (Å²) < 4.78 is 12.4. The highest BCUT2D eigenvalue weighted by atomic mass is 16.6. The summed E-state index contributed by atoms with van der Waals surface area (Å²) in [6.07, 6.45) is 0. The van der Waals surface area contributed by atoms with Crippen LogP contribution in [0, 0.1) is 17.0 Å². The second-order valence-corrected chi connectivity index (χ2v) is 7.06. The van der Waals surface area contributed by atoms with Crippen LogP contribution in [0.1, 0.15) is 15.9 Å². The van der Waals surface area contributed by atoms with Gasteiger partial charge in [-0.25, -0.2) is 0 Å². The molecule has 0 aliphatic carbocycles. The molecule has 0 saturated heterocycles. The molecule has 0 radical (unpaired) electrons. The highest BCUT2D eigenvalue weighted by Gasteiger charge is 2.14. The molecule has 0 fully saturated rings. The molecule has 11 heteroatoms. The van der Waals surface area contributed by atoms with Gasteiger partial charge in [0, 0.05) is 28.8 Å². The van der Waals surface area contributed by atoms with Crippen LogP contribution in [0.15, 0.2) is 54.6 Å². The third-order valence-electron chi connectivity index (χ3n) is 4.88. The number of rotatable bonds is 8. The standard InChI is InChI=1S/C22H20N6O5/c1-14-13-16(5-8-18(14)28(30)31)22(29)23-11-12-33-20-10-9-19-24-25-21(27(19)26-20)15-3-6-17(32-2)7-4-15/h3-10,13H,11-12H2,1-2H3,(H,23,29). The molecule has 33 heavy (non-hydrogen) atoms. The van der Waals surface area contributed by atoms with Crippen LogP contribution < -0.4 is 14.8 Å². The monoisotopic (exact) mass is 448 g/mol. The van der Waals surface area contributed by atoms with E-state index in [9.17, 15) is 14.9 Å². The molecule has 1 amide bonds. The van der Waals surface area contributed by atoms with Crippen molar-refractivity contribution in [3.63, 3.8) is 0 Å². The van der Waals surface area contributed by atoms with Crippen LogP contribution >= 0.6 is 0 Å². The summed E-state index contributed by atoms with van der Waals surface area (Å²) in [5, 5.41) is 26.4. The molecule has 0 spiro atoms. The van der Waals surface area contributed by atoms with E-state index in [4.69, 9.17) is 9.47 Å². The Labute approximate surface area is 188 Å². The number of ether oxygens (including phenoxy) is 2. The highest BCUT2D eigenvalue weighted by molar-refractivity contribution is 5.94. The van der Waals surface area contributed by atoms with E-state index < -0.39 is 4.92 Å². The third kappa shape index (κ3) is 4.71. The molecular weight excluding hydrogens is 428 g/mol. The number of nitro benzene ring substituents is 1. The molecule has 0 atom stereocenters. The van der Waals surface area contributed by atoms with Gasteiger partial charge in [0.2, 0.25) is 5.88 Å². The molecule has 0 bridgehead atoms. The lowest BCUT2D eigenvalue weighted by Gasteiger charge is -2.08. The Morgan fingerprint density at radius 3 is 2.61 bits per heavy atom. The van der Waals surface area contributed by atoms with Crippen LogP contribution in [-0.2, 0) is 0 Å². The Kier molecular flexibility index (Phi) is 6.11. The zero-order valence-electron chi connectivity index (χ0n) is 17.9. The van der Waals surface area contributed by atoms with Gasteiger partial charge in [0.15, 0.2) is 11.5 Å². The Balaban J connectivity index is 1.38. The van der Waals surface area contributed by atoms with Gasteiger partial charge in [0.25, 0.3) is 11.6 Å². The summed E-state index contributed by atoms with van der Waals surface area (Å²) in [5.41, 5.74) is 2.11. The van der Waals surface area contributed by atoms with Crippen LogP contribution in [-0.4, -0.2) is 50.9 Å². The van der Waals surface area contributed by atoms with Gasteiger partial charge < -0.3 is 14.8 Å². The number of fused-ring (bicyclic) bond motifs is 1. The lowest BCUT2D eigenvalue weighted by Crippen LogP contribution is -2.28. The number of nitro groups is 1. The van der Waals surface area contributed by atoms with E-state index in [0.717, 1.165) is 11.3 Å². The second-order valence-electron chi connectivity index (χ2n) is 7.06. The largest absolute Gasteiger partial charge is 0.497 e. The number of hydrogen-bond donors (Lipinski definition) is 1. The van der Waals surface area contributed by atoms with Crippen molar-refractivity contribution in [3.05, 3.63) is 75.8 Å².